The zero-order valence-corrected chi connectivity index (χ0v) is 15.3. The van der Waals surface area contributed by atoms with E-state index >= 15 is 0 Å². The van der Waals surface area contributed by atoms with Crippen LogP contribution in [-0.2, 0) is 9.59 Å². The monoisotopic (exact) mass is 386 g/mol. The summed E-state index contributed by atoms with van der Waals surface area (Å²) in [6.07, 6.45) is 0. The van der Waals surface area contributed by atoms with Gasteiger partial charge in [-0.15, -0.1) is 0 Å². The largest absolute Gasteiger partial charge is 0.497 e. The van der Waals surface area contributed by atoms with Crippen LogP contribution in [0.15, 0.2) is 52.8 Å². The minimum Gasteiger partial charge on any atom is -0.497 e. The molecule has 0 aliphatic carbocycles. The fourth-order valence-electron chi connectivity index (χ4n) is 3.17. The summed E-state index contributed by atoms with van der Waals surface area (Å²) in [5, 5.41) is 9.91. The first-order valence-electron chi connectivity index (χ1n) is 8.10. The first kappa shape index (κ1) is 17.3. The molecule has 0 saturated carbocycles. The average Bonchev–Trinajstić information content (AvgIpc) is 3.21. The summed E-state index contributed by atoms with van der Waals surface area (Å²) in [6.45, 7) is 0. The molecule has 0 radical (unpaired) electrons. The van der Waals surface area contributed by atoms with Gasteiger partial charge in [0.15, 0.2) is 12.1 Å². The van der Waals surface area contributed by atoms with E-state index in [2.05, 4.69) is 10.3 Å². The maximum Gasteiger partial charge on any atom is 0.263 e. The lowest BCUT2D eigenvalue weighted by atomic mass is 10.1. The molecule has 0 spiro atoms. The maximum absolute atomic E-state index is 13.0. The Kier molecular flexibility index (Phi) is 4.19. The number of rotatable bonds is 4. The third kappa shape index (κ3) is 2.78. The molecule has 138 valence electrons. The summed E-state index contributed by atoms with van der Waals surface area (Å²) in [5.74, 6) is 0.213. The predicted molar refractivity (Wildman–Crippen MR) is 98.4 cm³/mol. The fraction of sp³-hybridized carbons (Fsp3) is 0.222. The van der Waals surface area contributed by atoms with Crippen LogP contribution in [0.1, 0.15) is 0 Å². The van der Waals surface area contributed by atoms with Crippen LogP contribution in [0, 0.1) is 0 Å². The fourth-order valence-corrected chi connectivity index (χ4v) is 3.35. The molecule has 8 nitrogen and oxygen atoms in total. The van der Waals surface area contributed by atoms with E-state index < -0.39 is 23.9 Å². The van der Waals surface area contributed by atoms with Gasteiger partial charge in [-0.3, -0.25) is 9.59 Å². The van der Waals surface area contributed by atoms with Crippen molar-refractivity contribution >= 4 is 34.8 Å². The molecule has 2 aromatic rings. The van der Waals surface area contributed by atoms with Crippen LogP contribution in [0.5, 0.6) is 11.5 Å². The molecule has 0 aromatic heterocycles. The van der Waals surface area contributed by atoms with Crippen molar-refractivity contribution in [3.8, 4) is 11.5 Å². The van der Waals surface area contributed by atoms with Gasteiger partial charge in [0.25, 0.3) is 11.8 Å². The molecule has 4 rings (SSSR count). The molecule has 0 N–H and O–H groups in total. The number of hydrogen-bond acceptors (Lipinski definition) is 7. The minimum absolute atomic E-state index is 0.408. The summed E-state index contributed by atoms with van der Waals surface area (Å²) >= 11 is 6.00. The van der Waals surface area contributed by atoms with Gasteiger partial charge in [-0.1, -0.05) is 22.9 Å². The quantitative estimate of drug-likeness (QED) is 0.754. The zero-order valence-electron chi connectivity index (χ0n) is 14.5. The van der Waals surface area contributed by atoms with E-state index in [1.165, 1.54) is 19.2 Å². The van der Waals surface area contributed by atoms with Gasteiger partial charge in [0, 0.05) is 23.2 Å². The summed E-state index contributed by atoms with van der Waals surface area (Å²) in [7, 11) is 3.05. The Hall–Kier alpha value is -3.13. The smallest absolute Gasteiger partial charge is 0.263 e. The van der Waals surface area contributed by atoms with E-state index in [-0.39, 0.29) is 0 Å². The van der Waals surface area contributed by atoms with E-state index in [4.69, 9.17) is 21.1 Å². The van der Waals surface area contributed by atoms with E-state index in [0.29, 0.717) is 27.9 Å². The molecule has 1 saturated heterocycles. The van der Waals surface area contributed by atoms with E-state index in [0.717, 1.165) is 4.90 Å². The number of carbonyl (C=O) groups is 2. The lowest BCUT2D eigenvalue weighted by molar-refractivity contribution is -0.121. The van der Waals surface area contributed by atoms with Gasteiger partial charge in [-0.2, -0.15) is 5.11 Å². The number of imide groups is 1. The number of ether oxygens (including phenoxy) is 2. The van der Waals surface area contributed by atoms with E-state index in [9.17, 15) is 9.59 Å². The number of fused-ring (bicyclic) bond motifs is 1. The lowest BCUT2D eigenvalue weighted by Gasteiger charge is -2.21. The second kappa shape index (κ2) is 6.55. The number of anilines is 2. The Morgan fingerprint density at radius 2 is 1.67 bits per heavy atom. The van der Waals surface area contributed by atoms with Gasteiger partial charge < -0.3 is 9.47 Å². The molecule has 27 heavy (non-hydrogen) atoms. The van der Waals surface area contributed by atoms with Gasteiger partial charge in [0.1, 0.15) is 11.5 Å². The van der Waals surface area contributed by atoms with Crippen LogP contribution in [-0.4, -0.2) is 38.1 Å². The predicted octanol–water partition coefficient (Wildman–Crippen LogP) is 2.86. The number of methoxy groups -OCH3 is 2. The van der Waals surface area contributed by atoms with Gasteiger partial charge >= 0.3 is 0 Å². The summed E-state index contributed by atoms with van der Waals surface area (Å²) in [6, 6.07) is 9.89. The molecule has 2 unspecified atom stereocenters. The second-order valence-corrected chi connectivity index (χ2v) is 6.44. The van der Waals surface area contributed by atoms with Crippen LogP contribution in [0.2, 0.25) is 5.02 Å². The van der Waals surface area contributed by atoms with Gasteiger partial charge in [-0.25, -0.2) is 9.91 Å². The van der Waals surface area contributed by atoms with Crippen LogP contribution in [0.25, 0.3) is 0 Å². The second-order valence-electron chi connectivity index (χ2n) is 6.00. The normalized spacial score (nSPS) is 21.0. The summed E-state index contributed by atoms with van der Waals surface area (Å²) in [5.41, 5.74) is 0.946. The van der Waals surface area contributed by atoms with Crippen LogP contribution < -0.4 is 19.4 Å². The number of benzene rings is 2. The number of hydrogen-bond donors (Lipinski definition) is 0. The number of nitrogens with zero attached hydrogens (tertiary/aromatic N) is 4. The molecule has 2 atom stereocenters. The van der Waals surface area contributed by atoms with Crippen molar-refractivity contribution < 1.29 is 19.1 Å². The highest BCUT2D eigenvalue weighted by molar-refractivity contribution is 6.32. The van der Waals surface area contributed by atoms with Crippen LogP contribution >= 0.6 is 11.6 Å². The van der Waals surface area contributed by atoms with Crippen molar-refractivity contribution in [1.29, 1.82) is 0 Å². The average molecular weight is 387 g/mol. The van der Waals surface area contributed by atoms with E-state index in [1.807, 2.05) is 0 Å². The Bertz CT molecular complexity index is 942. The summed E-state index contributed by atoms with van der Waals surface area (Å²) < 4.78 is 10.5. The third-order valence-electron chi connectivity index (χ3n) is 4.45. The number of halogens is 1. The molecular formula is C18H15ClN4O4. The first-order valence-corrected chi connectivity index (χ1v) is 8.47. The van der Waals surface area contributed by atoms with Gasteiger partial charge in [0.2, 0.25) is 0 Å². The highest BCUT2D eigenvalue weighted by Crippen LogP contribution is 2.38. The molecule has 2 aliphatic rings. The molecular weight excluding hydrogens is 372 g/mol. The van der Waals surface area contributed by atoms with Gasteiger partial charge in [0.05, 0.1) is 25.6 Å². The topological polar surface area (TPSA) is 83.8 Å². The van der Waals surface area contributed by atoms with Gasteiger partial charge in [-0.05, 0) is 18.2 Å². The molecule has 2 amide bonds. The molecule has 0 bridgehead atoms. The molecule has 9 heteroatoms. The number of carbonyl (C=O) groups excluding carboxylic acids is 2. The van der Waals surface area contributed by atoms with Crippen LogP contribution in [0.4, 0.5) is 11.4 Å². The molecule has 2 heterocycles. The van der Waals surface area contributed by atoms with E-state index in [1.54, 1.807) is 42.5 Å². The summed E-state index contributed by atoms with van der Waals surface area (Å²) in [4.78, 5) is 26.9. The first-order chi connectivity index (χ1) is 13.0. The Morgan fingerprint density at radius 1 is 0.963 bits per heavy atom. The Balaban J connectivity index is 1.72. The van der Waals surface area contributed by atoms with Crippen LogP contribution in [0.3, 0.4) is 0 Å². The molecule has 2 aromatic carbocycles. The lowest BCUT2D eigenvalue weighted by Crippen LogP contribution is -2.39. The highest BCUT2D eigenvalue weighted by atomic mass is 35.5. The standard InChI is InChI=1S/C18H15ClN4O4/c1-26-13-7-12(8-14(9-13)27-2)23-16-15(20-21-23)17(24)22(18(16)25)11-5-3-4-10(19)6-11/h3-9,15-16H,1-2H3. The number of amides is 2. The Morgan fingerprint density at radius 3 is 2.30 bits per heavy atom. The maximum atomic E-state index is 13.0. The van der Waals surface area contributed by atoms with Crippen molar-refractivity contribution in [3.63, 3.8) is 0 Å². The molecule has 2 aliphatic heterocycles. The minimum atomic E-state index is -0.909. The molecule has 1 fully saturated rings. The van der Waals surface area contributed by atoms with Crippen molar-refractivity contribution in [3.05, 3.63) is 47.5 Å². The highest BCUT2D eigenvalue weighted by Gasteiger charge is 2.55. The van der Waals surface area contributed by atoms with Crippen molar-refractivity contribution in [2.24, 2.45) is 10.3 Å². The van der Waals surface area contributed by atoms with Crippen molar-refractivity contribution in [2.45, 2.75) is 12.1 Å². The zero-order chi connectivity index (χ0) is 19.1. The van der Waals surface area contributed by atoms with Crippen molar-refractivity contribution in [2.75, 3.05) is 24.1 Å². The SMILES string of the molecule is COc1cc(OC)cc(N2N=NC3C(=O)N(c4cccc(Cl)c4)C(=O)C32)c1. The Labute approximate surface area is 159 Å². The van der Waals surface area contributed by atoms with Crippen molar-refractivity contribution in [1.82, 2.24) is 0 Å². The third-order valence-corrected chi connectivity index (χ3v) is 4.68.